The summed E-state index contributed by atoms with van der Waals surface area (Å²) in [5.74, 6) is -0.00719. The van der Waals surface area contributed by atoms with Gasteiger partial charge in [0.25, 0.3) is 0 Å². The number of anilines is 1. The molecular formula is C32H42N5O6S+. The number of nitrogens with one attached hydrogen (secondary N) is 4. The molecular weight excluding hydrogens is 582 g/mol. The van der Waals surface area contributed by atoms with Crippen molar-refractivity contribution in [2.45, 2.75) is 62.7 Å². The van der Waals surface area contributed by atoms with Crippen LogP contribution in [0.5, 0.6) is 11.5 Å². The Kier molecular flexibility index (Phi) is 10.5. The monoisotopic (exact) mass is 624 g/mol. The van der Waals surface area contributed by atoms with Gasteiger partial charge in [0.05, 0.1) is 31.1 Å². The topological polar surface area (TPSA) is 157 Å². The summed E-state index contributed by atoms with van der Waals surface area (Å²) < 4.78 is 28.0. The zero-order valence-corrected chi connectivity index (χ0v) is 26.1. The molecule has 1 heterocycles. The van der Waals surface area contributed by atoms with E-state index < -0.39 is 22.1 Å². The first kappa shape index (κ1) is 32.8. The van der Waals surface area contributed by atoms with Crippen molar-refractivity contribution < 1.29 is 32.7 Å². The van der Waals surface area contributed by atoms with Gasteiger partial charge < -0.3 is 30.6 Å². The van der Waals surface area contributed by atoms with E-state index in [-0.39, 0.29) is 40.8 Å². The summed E-state index contributed by atoms with van der Waals surface area (Å²) >= 11 is 0. The molecule has 44 heavy (non-hydrogen) atoms. The second-order valence-electron chi connectivity index (χ2n) is 12.0. The number of phenols is 2. The largest absolute Gasteiger partial charge is 0.508 e. The van der Waals surface area contributed by atoms with E-state index in [9.17, 15) is 28.2 Å². The Hall–Kier alpha value is -4.13. The van der Waals surface area contributed by atoms with Gasteiger partial charge in [-0.05, 0) is 80.8 Å². The lowest BCUT2D eigenvalue weighted by Crippen LogP contribution is -2.59. The van der Waals surface area contributed by atoms with Gasteiger partial charge in [0, 0.05) is 23.7 Å². The van der Waals surface area contributed by atoms with E-state index in [0.717, 1.165) is 30.5 Å². The van der Waals surface area contributed by atoms with Gasteiger partial charge in [0.1, 0.15) is 24.1 Å². The predicted octanol–water partition coefficient (Wildman–Crippen LogP) is 3.44. The molecule has 0 spiro atoms. The van der Waals surface area contributed by atoms with Crippen LogP contribution in [-0.4, -0.2) is 73.3 Å². The van der Waals surface area contributed by atoms with E-state index in [4.69, 9.17) is 0 Å². The van der Waals surface area contributed by atoms with Gasteiger partial charge in [-0.15, -0.1) is 0 Å². The van der Waals surface area contributed by atoms with Crippen molar-refractivity contribution in [3.05, 3.63) is 83.9 Å². The number of piperidine rings is 1. The molecule has 1 aliphatic heterocycles. The van der Waals surface area contributed by atoms with Gasteiger partial charge in [0.2, 0.25) is 15.9 Å². The molecule has 0 bridgehead atoms. The lowest BCUT2D eigenvalue weighted by Gasteiger charge is -2.42. The Morgan fingerprint density at radius 1 is 0.955 bits per heavy atom. The van der Waals surface area contributed by atoms with E-state index in [1.54, 1.807) is 38.1 Å². The normalized spacial score (nSPS) is 19.2. The number of benzene rings is 3. The van der Waals surface area contributed by atoms with E-state index >= 15 is 0 Å². The lowest BCUT2D eigenvalue weighted by atomic mass is 10.00. The summed E-state index contributed by atoms with van der Waals surface area (Å²) in [5.41, 5.74) is 2.13. The van der Waals surface area contributed by atoms with Crippen LogP contribution in [0.1, 0.15) is 37.8 Å². The molecule has 3 amide bonds. The fraction of sp³-hybridized carbons (Fsp3) is 0.375. The Balaban J connectivity index is 1.43. The molecule has 6 N–H and O–H groups in total. The lowest BCUT2D eigenvalue weighted by molar-refractivity contribution is -0.927. The van der Waals surface area contributed by atoms with Crippen LogP contribution in [0.2, 0.25) is 0 Å². The fourth-order valence-corrected chi connectivity index (χ4v) is 6.84. The number of carbonyl (C=O) groups is 2. The van der Waals surface area contributed by atoms with Crippen LogP contribution < -0.4 is 20.7 Å². The van der Waals surface area contributed by atoms with Crippen molar-refractivity contribution in [2.24, 2.45) is 0 Å². The number of nitrogens with zero attached hydrogens (tertiary/aromatic N) is 1. The third kappa shape index (κ3) is 9.43. The van der Waals surface area contributed by atoms with Crippen LogP contribution in [0.25, 0.3) is 0 Å². The fourth-order valence-electron chi connectivity index (χ4n) is 5.59. The average molecular weight is 625 g/mol. The Labute approximate surface area is 258 Å². The highest BCUT2D eigenvalue weighted by Crippen LogP contribution is 2.23. The second-order valence-corrected chi connectivity index (χ2v) is 13.7. The number of likely N-dealkylation sites (tertiary alicyclic amines) is 1. The van der Waals surface area contributed by atoms with Gasteiger partial charge >= 0.3 is 6.03 Å². The molecule has 1 unspecified atom stereocenters. The van der Waals surface area contributed by atoms with Crippen LogP contribution >= 0.6 is 0 Å². The van der Waals surface area contributed by atoms with Gasteiger partial charge in [-0.1, -0.05) is 24.3 Å². The van der Waals surface area contributed by atoms with Crippen molar-refractivity contribution in [1.29, 1.82) is 0 Å². The van der Waals surface area contributed by atoms with Crippen molar-refractivity contribution >= 4 is 27.6 Å². The molecule has 12 heteroatoms. The van der Waals surface area contributed by atoms with Crippen LogP contribution in [0.4, 0.5) is 10.5 Å². The van der Waals surface area contributed by atoms with Crippen LogP contribution in [-0.2, 0) is 27.8 Å². The third-order valence-electron chi connectivity index (χ3n) is 7.54. The first-order valence-corrected chi connectivity index (χ1v) is 16.2. The van der Waals surface area contributed by atoms with E-state index in [1.165, 1.54) is 36.4 Å². The maximum Gasteiger partial charge on any atom is 0.319 e. The molecule has 3 aromatic carbocycles. The zero-order chi connectivity index (χ0) is 31.9. The first-order chi connectivity index (χ1) is 20.8. The molecule has 0 aromatic heterocycles. The van der Waals surface area contributed by atoms with Gasteiger partial charge in [-0.25, -0.2) is 17.9 Å². The quantitative estimate of drug-likeness (QED) is 0.180. The maximum absolute atomic E-state index is 13.6. The van der Waals surface area contributed by atoms with Crippen LogP contribution in [0.3, 0.4) is 0 Å². The van der Waals surface area contributed by atoms with Gasteiger partial charge in [0.15, 0.2) is 0 Å². The molecule has 1 saturated heterocycles. The number of aromatic hydroxyl groups is 2. The molecule has 0 radical (unpaired) electrons. The number of sulfonamides is 1. The number of rotatable bonds is 11. The number of carbonyl (C=O) groups excluding carboxylic acids is 2. The number of likely N-dealkylation sites (N-methyl/N-ethyl adjacent to an activating group) is 1. The van der Waals surface area contributed by atoms with Crippen molar-refractivity contribution in [3.63, 3.8) is 0 Å². The first-order valence-electron chi connectivity index (χ1n) is 14.7. The highest BCUT2D eigenvalue weighted by atomic mass is 32.2. The smallest absolute Gasteiger partial charge is 0.319 e. The zero-order valence-electron chi connectivity index (χ0n) is 25.3. The number of amides is 3. The summed E-state index contributed by atoms with van der Waals surface area (Å²) in [5, 5.41) is 28.2. The molecule has 236 valence electrons. The number of quaternary nitrogens is 1. The molecule has 1 aliphatic rings. The van der Waals surface area contributed by atoms with Gasteiger partial charge in [-0.2, -0.15) is 0 Å². The summed E-state index contributed by atoms with van der Waals surface area (Å²) in [6.45, 7) is 5.80. The average Bonchev–Trinajstić information content (AvgIpc) is 2.93. The number of urea groups is 1. The van der Waals surface area contributed by atoms with E-state index in [0.29, 0.717) is 23.3 Å². The van der Waals surface area contributed by atoms with E-state index in [2.05, 4.69) is 27.7 Å². The predicted molar refractivity (Wildman–Crippen MR) is 169 cm³/mol. The van der Waals surface area contributed by atoms with Crippen molar-refractivity contribution in [2.75, 3.05) is 25.5 Å². The number of phenolic OH excluding ortho intramolecular Hbond substituents is 2. The second kappa shape index (κ2) is 14.1. The minimum Gasteiger partial charge on any atom is -0.508 e. The summed E-state index contributed by atoms with van der Waals surface area (Å²) in [6.07, 6.45) is 1.91. The molecule has 4 rings (SSSR count). The highest BCUT2D eigenvalue weighted by Gasteiger charge is 2.34. The number of hydrogen-bond donors (Lipinski definition) is 6. The molecule has 0 aliphatic carbocycles. The Morgan fingerprint density at radius 2 is 1.66 bits per heavy atom. The summed E-state index contributed by atoms with van der Waals surface area (Å²) in [4.78, 5) is 26.7. The summed E-state index contributed by atoms with van der Waals surface area (Å²) in [7, 11) is -1.54. The van der Waals surface area contributed by atoms with Crippen molar-refractivity contribution in [3.8, 4) is 11.5 Å². The maximum atomic E-state index is 13.6. The minimum absolute atomic E-state index is 0.0729. The van der Waals surface area contributed by atoms with Crippen LogP contribution in [0, 0.1) is 0 Å². The van der Waals surface area contributed by atoms with E-state index in [1.807, 2.05) is 12.1 Å². The van der Waals surface area contributed by atoms with Gasteiger partial charge in [-0.3, -0.25) is 4.79 Å². The molecule has 11 nitrogen and oxygen atoms in total. The summed E-state index contributed by atoms with van der Waals surface area (Å²) in [6, 6.07) is 17.5. The highest BCUT2D eigenvalue weighted by molar-refractivity contribution is 7.89. The van der Waals surface area contributed by atoms with Crippen LogP contribution in [0.15, 0.2) is 77.7 Å². The molecule has 0 saturated carbocycles. The molecule has 1 fully saturated rings. The Morgan fingerprint density at radius 3 is 2.32 bits per heavy atom. The molecule has 3 atom stereocenters. The SMILES string of the molecule is CC(C)NS(=O)(=O)c1ccc(NC(=O)N[C@@H](Cc2ccc(O)cc2)C(=O)N[C@H]2CCC[N+](C)(Cc3cccc(O)c3)C2)cc1. The minimum atomic E-state index is -3.68. The van der Waals surface area contributed by atoms with Crippen molar-refractivity contribution in [1.82, 2.24) is 15.4 Å². The number of hydrogen-bond acceptors (Lipinski definition) is 6. The third-order valence-corrected chi connectivity index (χ3v) is 9.22. The molecule has 3 aromatic rings. The Bertz CT molecular complexity index is 1550. The standard InChI is InChI=1S/C32H41N5O6S/c1-22(2)36-44(42,43)29-15-11-25(12-16-29)34-32(41)35-30(19-23-9-13-27(38)14-10-23)31(40)33-26-7-5-17-37(3,21-26)20-24-6-4-8-28(39)18-24/h4,6,8-16,18,22,26,30,36H,5,7,17,19-21H2,1-3H3,(H4-,33,34,35,38,39,40,41)/p+1/t26-,30-,37?/m0/s1.